The summed E-state index contributed by atoms with van der Waals surface area (Å²) in [5, 5.41) is 8.82. The number of aliphatic hydroxyl groups is 1. The summed E-state index contributed by atoms with van der Waals surface area (Å²) < 4.78 is 5.62. The van der Waals surface area contributed by atoms with Crippen molar-refractivity contribution in [3.8, 4) is 0 Å². The maximum atomic E-state index is 8.82. The number of ether oxygens (including phenoxy) is 1. The van der Waals surface area contributed by atoms with Crippen LogP contribution >= 0.6 is 0 Å². The van der Waals surface area contributed by atoms with Gasteiger partial charge in [-0.1, -0.05) is 20.8 Å². The van der Waals surface area contributed by atoms with Gasteiger partial charge in [0.2, 0.25) is 0 Å². The van der Waals surface area contributed by atoms with Crippen LogP contribution in [0, 0.1) is 5.41 Å². The molecule has 0 aliphatic carbocycles. The fourth-order valence-electron chi connectivity index (χ4n) is 1.48. The molecule has 1 N–H and O–H groups in total. The molecule has 0 saturated carbocycles. The van der Waals surface area contributed by atoms with E-state index in [0.29, 0.717) is 6.10 Å². The van der Waals surface area contributed by atoms with Crippen LogP contribution in [-0.2, 0) is 4.74 Å². The van der Waals surface area contributed by atoms with Crippen LogP contribution < -0.4 is 0 Å². The molecule has 0 aromatic carbocycles. The van der Waals surface area contributed by atoms with Gasteiger partial charge in [-0.15, -0.1) is 0 Å². The van der Waals surface area contributed by atoms with Gasteiger partial charge in [0.05, 0.1) is 18.8 Å². The molecule has 0 spiro atoms. The van der Waals surface area contributed by atoms with Crippen molar-refractivity contribution in [1.82, 2.24) is 0 Å². The smallest absolute Gasteiger partial charge is 0.0810 e. The summed E-state index contributed by atoms with van der Waals surface area (Å²) in [7, 11) is 0. The highest BCUT2D eigenvalue weighted by Crippen LogP contribution is 2.32. The van der Waals surface area contributed by atoms with Crippen molar-refractivity contribution in [1.29, 1.82) is 0 Å². The number of aliphatic hydroxyl groups excluding tert-OH is 1. The first kappa shape index (κ1) is 9.01. The third-order valence-electron chi connectivity index (χ3n) is 2.28. The van der Waals surface area contributed by atoms with Crippen LogP contribution in [0.2, 0.25) is 0 Å². The predicted molar refractivity (Wildman–Crippen MR) is 44.4 cm³/mol. The maximum Gasteiger partial charge on any atom is 0.0810 e. The molecule has 0 amide bonds. The Morgan fingerprint density at radius 1 is 1.36 bits per heavy atom. The van der Waals surface area contributed by atoms with Gasteiger partial charge in [-0.2, -0.15) is 0 Å². The molecule has 1 rings (SSSR count). The molecule has 0 bridgehead atoms. The van der Waals surface area contributed by atoms with Gasteiger partial charge in [0.15, 0.2) is 0 Å². The second kappa shape index (κ2) is 3.11. The van der Waals surface area contributed by atoms with Crippen molar-refractivity contribution >= 4 is 0 Å². The lowest BCUT2D eigenvalue weighted by molar-refractivity contribution is -0.0352. The highest BCUT2D eigenvalue weighted by Gasteiger charge is 2.33. The van der Waals surface area contributed by atoms with E-state index in [0.717, 1.165) is 12.8 Å². The number of hydrogen-bond donors (Lipinski definition) is 1. The molecule has 1 aliphatic rings. The van der Waals surface area contributed by atoms with Gasteiger partial charge in [0, 0.05) is 0 Å². The van der Waals surface area contributed by atoms with Gasteiger partial charge in [-0.3, -0.25) is 0 Å². The van der Waals surface area contributed by atoms with Gasteiger partial charge in [0.25, 0.3) is 0 Å². The Morgan fingerprint density at radius 2 is 2.00 bits per heavy atom. The highest BCUT2D eigenvalue weighted by atomic mass is 16.5. The van der Waals surface area contributed by atoms with E-state index in [9.17, 15) is 0 Å². The first-order chi connectivity index (χ1) is 5.04. The highest BCUT2D eigenvalue weighted by molar-refractivity contribution is 4.82. The fourth-order valence-corrected chi connectivity index (χ4v) is 1.48. The summed E-state index contributed by atoms with van der Waals surface area (Å²) in [4.78, 5) is 0. The lowest BCUT2D eigenvalue weighted by Crippen LogP contribution is -2.27. The quantitative estimate of drug-likeness (QED) is 0.627. The zero-order valence-corrected chi connectivity index (χ0v) is 7.63. The van der Waals surface area contributed by atoms with E-state index >= 15 is 0 Å². The topological polar surface area (TPSA) is 29.5 Å². The third kappa shape index (κ3) is 2.17. The zero-order valence-electron chi connectivity index (χ0n) is 7.63. The van der Waals surface area contributed by atoms with Crippen LogP contribution in [0.5, 0.6) is 0 Å². The second-order valence-corrected chi connectivity index (χ2v) is 4.37. The Morgan fingerprint density at radius 3 is 2.27 bits per heavy atom. The van der Waals surface area contributed by atoms with Gasteiger partial charge >= 0.3 is 0 Å². The van der Waals surface area contributed by atoms with Gasteiger partial charge in [-0.05, 0) is 18.3 Å². The minimum absolute atomic E-state index is 0.0965. The molecule has 66 valence electrons. The lowest BCUT2D eigenvalue weighted by atomic mass is 9.87. The summed E-state index contributed by atoms with van der Waals surface area (Å²) >= 11 is 0. The Hall–Kier alpha value is -0.0800. The van der Waals surface area contributed by atoms with Gasteiger partial charge in [-0.25, -0.2) is 0 Å². The summed E-state index contributed by atoms with van der Waals surface area (Å²) in [6.07, 6.45) is 2.53. The van der Waals surface area contributed by atoms with Crippen LogP contribution in [0.4, 0.5) is 0 Å². The van der Waals surface area contributed by atoms with E-state index in [-0.39, 0.29) is 18.1 Å². The molecule has 1 saturated heterocycles. The molecule has 1 fully saturated rings. The van der Waals surface area contributed by atoms with E-state index in [1.807, 2.05) is 0 Å². The Bertz CT molecular complexity index is 126. The van der Waals surface area contributed by atoms with Gasteiger partial charge in [0.1, 0.15) is 0 Å². The molecule has 0 aromatic rings. The summed E-state index contributed by atoms with van der Waals surface area (Å²) in [5.41, 5.74) is 0.226. The average molecular weight is 158 g/mol. The number of hydrogen-bond acceptors (Lipinski definition) is 2. The molecule has 1 heterocycles. The van der Waals surface area contributed by atoms with Crippen LogP contribution in [0.25, 0.3) is 0 Å². The molecule has 0 radical (unpaired) electrons. The van der Waals surface area contributed by atoms with Gasteiger partial charge < -0.3 is 9.84 Å². The van der Waals surface area contributed by atoms with Crippen molar-refractivity contribution in [2.45, 2.75) is 45.8 Å². The molecule has 2 atom stereocenters. The minimum Gasteiger partial charge on any atom is -0.394 e. The minimum atomic E-state index is 0.0965. The van der Waals surface area contributed by atoms with Crippen LogP contribution in [-0.4, -0.2) is 23.9 Å². The maximum absolute atomic E-state index is 8.82. The molecule has 1 aliphatic heterocycles. The lowest BCUT2D eigenvalue weighted by Gasteiger charge is -2.26. The fraction of sp³-hybridized carbons (Fsp3) is 1.00. The van der Waals surface area contributed by atoms with E-state index in [1.165, 1.54) is 0 Å². The summed E-state index contributed by atoms with van der Waals surface area (Å²) in [6, 6.07) is 0. The molecule has 0 aromatic heterocycles. The molecule has 0 unspecified atom stereocenters. The third-order valence-corrected chi connectivity index (χ3v) is 2.28. The van der Waals surface area contributed by atoms with Crippen molar-refractivity contribution in [3.05, 3.63) is 0 Å². The monoisotopic (exact) mass is 158 g/mol. The van der Waals surface area contributed by atoms with Crippen LogP contribution in [0.1, 0.15) is 33.6 Å². The van der Waals surface area contributed by atoms with Crippen molar-refractivity contribution in [2.24, 2.45) is 5.41 Å². The van der Waals surface area contributed by atoms with E-state index in [4.69, 9.17) is 9.84 Å². The standard InChI is InChI=1S/C9H18O2/c1-9(2,3)8-5-4-7(6-10)11-8/h7-8,10H,4-6H2,1-3H3/t7-,8+/m0/s1. The Labute approximate surface area is 68.6 Å². The van der Waals surface area contributed by atoms with Crippen LogP contribution in [0.3, 0.4) is 0 Å². The Balaban J connectivity index is 2.42. The van der Waals surface area contributed by atoms with Crippen molar-refractivity contribution in [3.63, 3.8) is 0 Å². The summed E-state index contributed by atoms with van der Waals surface area (Å²) in [5.74, 6) is 0. The molecular formula is C9H18O2. The number of rotatable bonds is 1. The second-order valence-electron chi connectivity index (χ2n) is 4.37. The average Bonchev–Trinajstić information content (AvgIpc) is 2.32. The van der Waals surface area contributed by atoms with Crippen molar-refractivity contribution in [2.75, 3.05) is 6.61 Å². The summed E-state index contributed by atoms with van der Waals surface area (Å²) in [6.45, 7) is 6.71. The predicted octanol–water partition coefficient (Wildman–Crippen LogP) is 1.57. The molecule has 2 heteroatoms. The normalized spacial score (nSPS) is 32.7. The Kier molecular flexibility index (Phi) is 2.55. The molecular weight excluding hydrogens is 140 g/mol. The first-order valence-corrected chi connectivity index (χ1v) is 4.30. The van der Waals surface area contributed by atoms with E-state index in [2.05, 4.69) is 20.8 Å². The van der Waals surface area contributed by atoms with Crippen LogP contribution in [0.15, 0.2) is 0 Å². The first-order valence-electron chi connectivity index (χ1n) is 4.30. The van der Waals surface area contributed by atoms with E-state index in [1.54, 1.807) is 0 Å². The molecule has 11 heavy (non-hydrogen) atoms. The van der Waals surface area contributed by atoms with Crippen molar-refractivity contribution < 1.29 is 9.84 Å². The van der Waals surface area contributed by atoms with E-state index < -0.39 is 0 Å². The SMILES string of the molecule is CC(C)(C)[C@H]1CC[C@@H](CO)O1. The zero-order chi connectivity index (χ0) is 8.48. The molecule has 2 nitrogen and oxygen atoms in total. The largest absolute Gasteiger partial charge is 0.394 e.